The molecule has 1 aliphatic carbocycles. The highest BCUT2D eigenvalue weighted by atomic mass is 32.2. The third-order valence-corrected chi connectivity index (χ3v) is 5.61. The Labute approximate surface area is 144 Å². The van der Waals surface area contributed by atoms with E-state index in [9.17, 15) is 13.2 Å². The second kappa shape index (κ2) is 8.44. The van der Waals surface area contributed by atoms with Gasteiger partial charge in [-0.15, -0.1) is 0 Å². The zero-order valence-corrected chi connectivity index (χ0v) is 15.2. The van der Waals surface area contributed by atoms with Gasteiger partial charge in [0, 0.05) is 18.2 Å². The SMILES string of the molecule is CC(C)NS(=O)(=O)c1ccc(C(=O)NCCC2=CCCCC2)cc1. The maximum atomic E-state index is 12.1. The van der Waals surface area contributed by atoms with Crippen LogP contribution in [0.4, 0.5) is 0 Å². The van der Waals surface area contributed by atoms with E-state index in [0.29, 0.717) is 12.1 Å². The van der Waals surface area contributed by atoms with Gasteiger partial charge in [0.1, 0.15) is 0 Å². The molecule has 2 N–H and O–H groups in total. The Morgan fingerprint density at radius 3 is 2.46 bits per heavy atom. The lowest BCUT2D eigenvalue weighted by atomic mass is 9.97. The summed E-state index contributed by atoms with van der Waals surface area (Å²) in [6.07, 6.45) is 7.93. The van der Waals surface area contributed by atoms with E-state index in [0.717, 1.165) is 19.3 Å². The fraction of sp³-hybridized carbons (Fsp3) is 0.500. The first-order valence-corrected chi connectivity index (χ1v) is 9.95. The largest absolute Gasteiger partial charge is 0.352 e. The molecule has 0 aromatic heterocycles. The van der Waals surface area contributed by atoms with Gasteiger partial charge in [-0.2, -0.15) is 0 Å². The minimum absolute atomic E-state index is 0.167. The fourth-order valence-corrected chi connectivity index (χ4v) is 3.99. The topological polar surface area (TPSA) is 75.3 Å². The molecule has 0 saturated heterocycles. The molecule has 0 radical (unpaired) electrons. The Hall–Kier alpha value is -1.66. The molecule has 0 atom stereocenters. The van der Waals surface area contributed by atoms with Crippen molar-refractivity contribution in [1.82, 2.24) is 10.0 Å². The van der Waals surface area contributed by atoms with Crippen molar-refractivity contribution in [2.24, 2.45) is 0 Å². The Kier molecular flexibility index (Phi) is 6.57. The van der Waals surface area contributed by atoms with Crippen LogP contribution in [-0.4, -0.2) is 26.9 Å². The predicted octanol–water partition coefficient (Wildman–Crippen LogP) is 2.99. The second-order valence-electron chi connectivity index (χ2n) is 6.41. The molecule has 1 aromatic rings. The Balaban J connectivity index is 1.90. The summed E-state index contributed by atoms with van der Waals surface area (Å²) in [5.74, 6) is -0.174. The first kappa shape index (κ1) is 18.7. The summed E-state index contributed by atoms with van der Waals surface area (Å²) in [6.45, 7) is 4.14. The van der Waals surface area contributed by atoms with Crippen LogP contribution >= 0.6 is 0 Å². The number of hydrogen-bond acceptors (Lipinski definition) is 3. The van der Waals surface area contributed by atoms with E-state index in [-0.39, 0.29) is 16.8 Å². The van der Waals surface area contributed by atoms with Crippen molar-refractivity contribution < 1.29 is 13.2 Å². The monoisotopic (exact) mass is 350 g/mol. The normalized spacial score (nSPS) is 15.2. The maximum Gasteiger partial charge on any atom is 0.251 e. The molecule has 132 valence electrons. The summed E-state index contributed by atoms with van der Waals surface area (Å²) < 4.78 is 26.6. The lowest BCUT2D eigenvalue weighted by Gasteiger charge is -2.13. The number of hydrogen-bond donors (Lipinski definition) is 2. The summed E-state index contributed by atoms with van der Waals surface area (Å²) in [7, 11) is -3.52. The standard InChI is InChI=1S/C18H26N2O3S/c1-14(2)20-24(22,23)17-10-8-16(9-11-17)18(21)19-13-12-15-6-4-3-5-7-15/h6,8-11,14,20H,3-5,7,12-13H2,1-2H3,(H,19,21). The molecule has 0 heterocycles. The molecule has 1 aromatic carbocycles. The quantitative estimate of drug-likeness (QED) is 0.742. The number of benzene rings is 1. The van der Waals surface area contributed by atoms with Gasteiger partial charge in [0.05, 0.1) is 4.90 Å². The molecule has 0 unspecified atom stereocenters. The van der Waals surface area contributed by atoms with Gasteiger partial charge in [-0.1, -0.05) is 11.6 Å². The number of carbonyl (C=O) groups is 1. The minimum atomic E-state index is -3.52. The van der Waals surface area contributed by atoms with E-state index >= 15 is 0 Å². The number of amides is 1. The highest BCUT2D eigenvalue weighted by molar-refractivity contribution is 7.89. The minimum Gasteiger partial charge on any atom is -0.352 e. The number of allylic oxidation sites excluding steroid dienone is 1. The van der Waals surface area contributed by atoms with Crippen LogP contribution < -0.4 is 10.0 Å². The summed E-state index contributed by atoms with van der Waals surface area (Å²) in [4.78, 5) is 12.3. The van der Waals surface area contributed by atoms with Crippen LogP contribution in [0.2, 0.25) is 0 Å². The van der Waals surface area contributed by atoms with Crippen molar-refractivity contribution in [1.29, 1.82) is 0 Å². The van der Waals surface area contributed by atoms with Crippen molar-refractivity contribution in [3.8, 4) is 0 Å². The van der Waals surface area contributed by atoms with Crippen molar-refractivity contribution in [3.63, 3.8) is 0 Å². The van der Waals surface area contributed by atoms with Crippen molar-refractivity contribution in [3.05, 3.63) is 41.5 Å². The van der Waals surface area contributed by atoms with Gasteiger partial charge in [-0.05, 0) is 70.2 Å². The highest BCUT2D eigenvalue weighted by Gasteiger charge is 2.16. The molecule has 1 amide bonds. The predicted molar refractivity (Wildman–Crippen MR) is 95.4 cm³/mol. The molecule has 0 saturated carbocycles. The molecule has 5 nitrogen and oxygen atoms in total. The third kappa shape index (κ3) is 5.46. The van der Waals surface area contributed by atoms with E-state index in [4.69, 9.17) is 0 Å². The van der Waals surface area contributed by atoms with Gasteiger partial charge in [-0.3, -0.25) is 4.79 Å². The van der Waals surface area contributed by atoms with Gasteiger partial charge >= 0.3 is 0 Å². The summed E-state index contributed by atoms with van der Waals surface area (Å²) in [6, 6.07) is 5.84. The molecule has 0 aliphatic heterocycles. The summed E-state index contributed by atoms with van der Waals surface area (Å²) in [5.41, 5.74) is 1.89. The van der Waals surface area contributed by atoms with Crippen LogP contribution in [-0.2, 0) is 10.0 Å². The van der Waals surface area contributed by atoms with Crippen LogP contribution in [0.25, 0.3) is 0 Å². The van der Waals surface area contributed by atoms with Crippen LogP contribution in [0.3, 0.4) is 0 Å². The van der Waals surface area contributed by atoms with Crippen molar-refractivity contribution in [2.45, 2.75) is 56.9 Å². The zero-order valence-electron chi connectivity index (χ0n) is 14.3. The van der Waals surface area contributed by atoms with E-state index < -0.39 is 10.0 Å². The van der Waals surface area contributed by atoms with Crippen LogP contribution in [0.5, 0.6) is 0 Å². The van der Waals surface area contributed by atoms with Crippen LogP contribution in [0.15, 0.2) is 40.8 Å². The first-order chi connectivity index (χ1) is 11.4. The fourth-order valence-electron chi connectivity index (χ4n) is 2.73. The molecular weight excluding hydrogens is 324 g/mol. The average Bonchev–Trinajstić information content (AvgIpc) is 2.55. The molecule has 1 aliphatic rings. The number of carbonyl (C=O) groups excluding carboxylic acids is 1. The Morgan fingerprint density at radius 1 is 1.17 bits per heavy atom. The lowest BCUT2D eigenvalue weighted by molar-refractivity contribution is 0.0954. The first-order valence-electron chi connectivity index (χ1n) is 8.47. The molecule has 0 bridgehead atoms. The smallest absolute Gasteiger partial charge is 0.251 e. The zero-order chi connectivity index (χ0) is 17.6. The Bertz CT molecular complexity index is 691. The van der Waals surface area contributed by atoms with E-state index in [1.165, 1.54) is 30.5 Å². The third-order valence-electron chi connectivity index (χ3n) is 3.93. The van der Waals surface area contributed by atoms with E-state index in [2.05, 4.69) is 16.1 Å². The van der Waals surface area contributed by atoms with E-state index in [1.807, 2.05) is 0 Å². The van der Waals surface area contributed by atoms with Crippen LogP contribution in [0, 0.1) is 0 Å². The average molecular weight is 350 g/mol. The van der Waals surface area contributed by atoms with Gasteiger partial charge < -0.3 is 5.32 Å². The number of sulfonamides is 1. The van der Waals surface area contributed by atoms with Gasteiger partial charge in [0.15, 0.2) is 0 Å². The molecular formula is C18H26N2O3S. The van der Waals surface area contributed by atoms with Gasteiger partial charge in [-0.25, -0.2) is 13.1 Å². The maximum absolute atomic E-state index is 12.1. The van der Waals surface area contributed by atoms with Crippen LogP contribution in [0.1, 0.15) is 56.3 Å². The van der Waals surface area contributed by atoms with Crippen molar-refractivity contribution in [2.75, 3.05) is 6.54 Å². The lowest BCUT2D eigenvalue weighted by Crippen LogP contribution is -2.30. The van der Waals surface area contributed by atoms with Crippen molar-refractivity contribution >= 4 is 15.9 Å². The molecule has 6 heteroatoms. The summed E-state index contributed by atoms with van der Waals surface area (Å²) in [5, 5.41) is 2.89. The second-order valence-corrected chi connectivity index (χ2v) is 8.13. The molecule has 24 heavy (non-hydrogen) atoms. The molecule has 0 fully saturated rings. The Morgan fingerprint density at radius 2 is 1.88 bits per heavy atom. The van der Waals surface area contributed by atoms with Gasteiger partial charge in [0.25, 0.3) is 5.91 Å². The summed E-state index contributed by atoms with van der Waals surface area (Å²) >= 11 is 0. The number of rotatable bonds is 7. The molecule has 2 rings (SSSR count). The van der Waals surface area contributed by atoms with Gasteiger partial charge in [0.2, 0.25) is 10.0 Å². The van der Waals surface area contributed by atoms with E-state index in [1.54, 1.807) is 26.0 Å². The number of nitrogens with one attached hydrogen (secondary N) is 2. The molecule has 0 spiro atoms. The highest BCUT2D eigenvalue weighted by Crippen LogP contribution is 2.19.